The van der Waals surface area contributed by atoms with Gasteiger partial charge in [-0.25, -0.2) is 4.79 Å². The maximum atomic E-state index is 11.7. The van der Waals surface area contributed by atoms with Crippen molar-refractivity contribution in [3.63, 3.8) is 0 Å². The Kier molecular flexibility index (Phi) is 5.96. The molecule has 1 aliphatic carbocycles. The third kappa shape index (κ3) is 4.39. The number of carbonyl (C=O) groups excluding carboxylic acids is 1. The van der Waals surface area contributed by atoms with E-state index in [4.69, 9.17) is 15.5 Å². The second-order valence-electron chi connectivity index (χ2n) is 7.23. The number of nitrogens with one attached hydrogen (secondary N) is 1. The number of hydrogen-bond donors (Lipinski definition) is 2. The van der Waals surface area contributed by atoms with Crippen LogP contribution in [0.2, 0.25) is 0 Å². The number of nitrogens with zero attached hydrogens (tertiary/aromatic N) is 2. The Hall–Kier alpha value is -2.60. The van der Waals surface area contributed by atoms with Crippen LogP contribution in [0, 0.1) is 0 Å². The van der Waals surface area contributed by atoms with Crippen molar-refractivity contribution in [1.82, 2.24) is 10.2 Å². The third-order valence-electron chi connectivity index (χ3n) is 5.04. The topological polar surface area (TPSA) is 79.9 Å². The van der Waals surface area contributed by atoms with Crippen LogP contribution in [0.3, 0.4) is 0 Å². The molecule has 0 spiro atoms. The van der Waals surface area contributed by atoms with E-state index in [1.807, 2.05) is 36.4 Å². The molecular weight excluding hydrogens is 340 g/mol. The smallest absolute Gasteiger partial charge is 0.312 e. The van der Waals surface area contributed by atoms with Crippen molar-refractivity contribution in [3.05, 3.63) is 60.2 Å². The summed E-state index contributed by atoms with van der Waals surface area (Å²) in [6.45, 7) is 3.42. The van der Waals surface area contributed by atoms with Gasteiger partial charge in [0.1, 0.15) is 5.84 Å². The summed E-state index contributed by atoms with van der Waals surface area (Å²) in [6, 6.07) is 9.37. The molecule has 6 heteroatoms. The van der Waals surface area contributed by atoms with Crippen molar-refractivity contribution in [3.8, 4) is 0 Å². The normalized spacial score (nSPS) is 25.3. The van der Waals surface area contributed by atoms with Crippen LogP contribution in [0.1, 0.15) is 18.9 Å². The first kappa shape index (κ1) is 19.2. The van der Waals surface area contributed by atoms with Gasteiger partial charge in [-0.2, -0.15) is 0 Å². The maximum Gasteiger partial charge on any atom is 0.312 e. The quantitative estimate of drug-likeness (QED) is 0.775. The minimum Gasteiger partial charge on any atom is -0.382 e. The van der Waals surface area contributed by atoms with Crippen molar-refractivity contribution in [1.29, 1.82) is 0 Å². The van der Waals surface area contributed by atoms with Gasteiger partial charge < -0.3 is 20.7 Å². The van der Waals surface area contributed by atoms with E-state index in [1.165, 1.54) is 0 Å². The number of nitrogens with two attached hydrogens (primary N) is 1. The summed E-state index contributed by atoms with van der Waals surface area (Å²) in [7, 11) is 1.72. The highest BCUT2D eigenvalue weighted by Crippen LogP contribution is 2.31. The van der Waals surface area contributed by atoms with Crippen LogP contribution in [-0.2, 0) is 11.2 Å². The molecule has 2 unspecified atom stereocenters. The van der Waals surface area contributed by atoms with Crippen LogP contribution in [0.25, 0.3) is 0 Å². The lowest BCUT2D eigenvalue weighted by Gasteiger charge is -2.43. The molecule has 2 amide bonds. The first-order chi connectivity index (χ1) is 13.0. The first-order valence-electron chi connectivity index (χ1n) is 9.32. The van der Waals surface area contributed by atoms with E-state index >= 15 is 0 Å². The molecule has 1 aromatic carbocycles. The molecular formula is C21H28N4O2. The Labute approximate surface area is 160 Å². The van der Waals surface area contributed by atoms with Crippen LogP contribution >= 0.6 is 0 Å². The Morgan fingerprint density at radius 2 is 2.19 bits per heavy atom. The number of primary amides is 1. The number of aliphatic imine (C=N–C) groups is 1. The number of carbonyl (C=O) groups is 1. The molecule has 144 valence electrons. The molecule has 0 bridgehead atoms. The fourth-order valence-corrected chi connectivity index (χ4v) is 3.90. The minimum atomic E-state index is -0.544. The average molecular weight is 368 g/mol. The molecule has 2 aliphatic rings. The molecule has 0 saturated heterocycles. The van der Waals surface area contributed by atoms with Gasteiger partial charge in [-0.1, -0.05) is 54.6 Å². The van der Waals surface area contributed by atoms with E-state index in [0.29, 0.717) is 13.0 Å². The highest BCUT2D eigenvalue weighted by molar-refractivity contribution is 5.93. The number of amidine groups is 1. The van der Waals surface area contributed by atoms with Crippen molar-refractivity contribution >= 4 is 11.9 Å². The third-order valence-corrected chi connectivity index (χ3v) is 5.04. The second-order valence-corrected chi connectivity index (χ2v) is 7.23. The lowest BCUT2D eigenvalue weighted by atomic mass is 9.88. The highest BCUT2D eigenvalue weighted by Gasteiger charge is 2.42. The highest BCUT2D eigenvalue weighted by atomic mass is 16.5. The number of allylic oxidation sites excluding steroid dienone is 2. The molecule has 3 rings (SSSR count). The SMILES string of the molecule is COCC1(N2CC(C)N=C2[C@H](Cc2ccccc2)NC(N)=O)C=CC=CC1. The van der Waals surface area contributed by atoms with Crippen LogP contribution in [-0.4, -0.2) is 54.7 Å². The van der Waals surface area contributed by atoms with Gasteiger partial charge in [0, 0.05) is 13.7 Å². The standard InChI is InChI=1S/C21H28N4O2/c1-16-14-25(21(15-27-2)11-7-4-8-12-21)19(23-16)18(24-20(22)26)13-17-9-5-3-6-10-17/h3-11,16,18H,12-15H2,1-2H3,(H3,22,24,26)/t16?,18-,21?/m0/s1. The lowest BCUT2D eigenvalue weighted by Crippen LogP contribution is -2.59. The zero-order valence-corrected chi connectivity index (χ0v) is 16.0. The Morgan fingerprint density at radius 1 is 1.41 bits per heavy atom. The first-order valence-corrected chi connectivity index (χ1v) is 9.32. The fourth-order valence-electron chi connectivity index (χ4n) is 3.90. The summed E-state index contributed by atoms with van der Waals surface area (Å²) in [6.07, 6.45) is 9.89. The summed E-state index contributed by atoms with van der Waals surface area (Å²) >= 11 is 0. The number of benzene rings is 1. The number of amides is 2. The monoisotopic (exact) mass is 368 g/mol. The summed E-state index contributed by atoms with van der Waals surface area (Å²) in [4.78, 5) is 18.9. The molecule has 6 nitrogen and oxygen atoms in total. The van der Waals surface area contributed by atoms with E-state index < -0.39 is 6.03 Å². The summed E-state index contributed by atoms with van der Waals surface area (Å²) < 4.78 is 5.57. The van der Waals surface area contributed by atoms with E-state index in [2.05, 4.69) is 35.4 Å². The van der Waals surface area contributed by atoms with Gasteiger partial charge in [-0.15, -0.1) is 0 Å². The number of ether oxygens (including phenoxy) is 1. The van der Waals surface area contributed by atoms with Crippen molar-refractivity contribution in [2.45, 2.75) is 37.4 Å². The fraction of sp³-hybridized carbons (Fsp3) is 0.429. The summed E-state index contributed by atoms with van der Waals surface area (Å²) in [5, 5.41) is 2.90. The molecule has 1 heterocycles. The van der Waals surface area contributed by atoms with Gasteiger partial charge >= 0.3 is 6.03 Å². The predicted molar refractivity (Wildman–Crippen MR) is 108 cm³/mol. The van der Waals surface area contributed by atoms with Crippen molar-refractivity contribution in [2.75, 3.05) is 20.3 Å². The van der Waals surface area contributed by atoms with Gasteiger partial charge in [0.15, 0.2) is 0 Å². The maximum absolute atomic E-state index is 11.7. The van der Waals surface area contributed by atoms with Gasteiger partial charge in [0.05, 0.1) is 24.2 Å². The molecule has 3 atom stereocenters. The number of hydrogen-bond acceptors (Lipinski definition) is 4. The van der Waals surface area contributed by atoms with E-state index in [0.717, 1.165) is 24.4 Å². The number of rotatable bonds is 7. The molecule has 27 heavy (non-hydrogen) atoms. The molecule has 0 saturated carbocycles. The summed E-state index contributed by atoms with van der Waals surface area (Å²) in [5.41, 5.74) is 6.31. The molecule has 0 fully saturated rings. The van der Waals surface area contributed by atoms with E-state index in [1.54, 1.807) is 7.11 Å². The molecule has 1 aromatic rings. The van der Waals surface area contributed by atoms with Crippen LogP contribution in [0.5, 0.6) is 0 Å². The molecule has 1 aliphatic heterocycles. The van der Waals surface area contributed by atoms with Gasteiger partial charge in [0.2, 0.25) is 0 Å². The van der Waals surface area contributed by atoms with Crippen molar-refractivity contribution < 1.29 is 9.53 Å². The number of urea groups is 1. The van der Waals surface area contributed by atoms with E-state index in [9.17, 15) is 4.79 Å². The Balaban J connectivity index is 1.93. The molecule has 3 N–H and O–H groups in total. The van der Waals surface area contributed by atoms with Gasteiger partial charge in [0.25, 0.3) is 0 Å². The second kappa shape index (κ2) is 8.39. The average Bonchev–Trinajstić information content (AvgIpc) is 3.05. The molecule has 0 radical (unpaired) electrons. The van der Waals surface area contributed by atoms with Gasteiger partial charge in [-0.3, -0.25) is 4.99 Å². The Bertz CT molecular complexity index is 744. The van der Waals surface area contributed by atoms with Crippen LogP contribution in [0.15, 0.2) is 59.6 Å². The summed E-state index contributed by atoms with van der Waals surface area (Å²) in [5.74, 6) is 0.863. The minimum absolute atomic E-state index is 0.140. The zero-order valence-electron chi connectivity index (χ0n) is 16.0. The lowest BCUT2D eigenvalue weighted by molar-refractivity contribution is 0.0845. The zero-order chi connectivity index (χ0) is 19.3. The van der Waals surface area contributed by atoms with Gasteiger partial charge in [-0.05, 0) is 25.3 Å². The molecule has 0 aromatic heterocycles. The van der Waals surface area contributed by atoms with Crippen LogP contribution < -0.4 is 11.1 Å². The largest absolute Gasteiger partial charge is 0.382 e. The van der Waals surface area contributed by atoms with E-state index in [-0.39, 0.29) is 17.6 Å². The predicted octanol–water partition coefficient (Wildman–Crippen LogP) is 2.27. The van der Waals surface area contributed by atoms with Crippen LogP contribution in [0.4, 0.5) is 4.79 Å². The number of methoxy groups -OCH3 is 1. The van der Waals surface area contributed by atoms with Crippen molar-refractivity contribution in [2.24, 2.45) is 10.7 Å². The Morgan fingerprint density at radius 3 is 2.81 bits per heavy atom.